The van der Waals surface area contributed by atoms with Gasteiger partial charge in [0.15, 0.2) is 12.1 Å². The van der Waals surface area contributed by atoms with E-state index >= 15 is 0 Å². The molecule has 0 aliphatic carbocycles. The van der Waals surface area contributed by atoms with Gasteiger partial charge in [-0.05, 0) is 48.2 Å². The minimum absolute atomic E-state index is 0.134. The third-order valence-electron chi connectivity index (χ3n) is 5.38. The van der Waals surface area contributed by atoms with Gasteiger partial charge in [0.1, 0.15) is 5.82 Å². The maximum Gasteiger partial charge on any atom is 0.340 e. The molecule has 0 aromatic heterocycles. The molecule has 1 atom stereocenters. The van der Waals surface area contributed by atoms with Crippen molar-refractivity contribution in [2.75, 3.05) is 7.11 Å². The number of nitrogens with zero attached hydrogens (tertiary/aromatic N) is 1. The molecule has 3 aromatic carbocycles. The van der Waals surface area contributed by atoms with Gasteiger partial charge in [0, 0.05) is 11.1 Å². The number of aliphatic imine (C=N–C) groups is 1. The van der Waals surface area contributed by atoms with Crippen molar-refractivity contribution in [2.45, 2.75) is 19.5 Å². The second-order valence-corrected chi connectivity index (χ2v) is 7.20. The van der Waals surface area contributed by atoms with Crippen LogP contribution in [0.5, 0.6) is 0 Å². The number of ether oxygens (including phenoxy) is 1. The van der Waals surface area contributed by atoms with Crippen molar-refractivity contribution in [3.63, 3.8) is 0 Å². The van der Waals surface area contributed by atoms with Gasteiger partial charge in [0.2, 0.25) is 0 Å². The summed E-state index contributed by atoms with van der Waals surface area (Å²) in [5, 5.41) is 0. The molecule has 4 rings (SSSR count). The molecular weight excluding hydrogens is 383 g/mol. The Kier molecular flexibility index (Phi) is 5.10. The van der Waals surface area contributed by atoms with E-state index in [1.807, 2.05) is 37.3 Å². The van der Waals surface area contributed by atoms with E-state index in [4.69, 9.17) is 4.84 Å². The number of aryl methyl sites for hydroxylation is 2. The number of esters is 1. The summed E-state index contributed by atoms with van der Waals surface area (Å²) >= 11 is 0. The van der Waals surface area contributed by atoms with E-state index in [1.54, 1.807) is 6.07 Å². The van der Waals surface area contributed by atoms with E-state index < -0.39 is 17.4 Å². The molecule has 1 unspecified atom stereocenters. The van der Waals surface area contributed by atoms with E-state index in [-0.39, 0.29) is 5.56 Å². The van der Waals surface area contributed by atoms with Gasteiger partial charge >= 0.3 is 5.97 Å². The van der Waals surface area contributed by atoms with Gasteiger partial charge in [0.25, 0.3) is 0 Å². The molecule has 0 saturated carbocycles. The first-order valence-electron chi connectivity index (χ1n) is 9.48. The number of benzene rings is 3. The Morgan fingerprint density at radius 1 is 1.00 bits per heavy atom. The van der Waals surface area contributed by atoms with Crippen molar-refractivity contribution in [3.8, 4) is 11.1 Å². The molecule has 1 heterocycles. The predicted octanol–water partition coefficient (Wildman–Crippen LogP) is 4.66. The van der Waals surface area contributed by atoms with Crippen molar-refractivity contribution in [3.05, 3.63) is 94.3 Å². The van der Waals surface area contributed by atoms with Crippen LogP contribution in [-0.2, 0) is 15.2 Å². The highest BCUT2D eigenvalue weighted by molar-refractivity contribution is 5.89. The van der Waals surface area contributed by atoms with Crippen LogP contribution in [0.1, 0.15) is 32.6 Å². The molecule has 0 amide bonds. The standard InChI is InChI=1S/C24H21FN2O3/c1-15-6-4-5-7-19(15)20-10-8-17(12-16(20)2)24(26-14-30-27-24)18-9-11-21(22(25)13-18)23(28)29-3/h4-14,27H,1-3H3. The lowest BCUT2D eigenvalue weighted by molar-refractivity contribution is 0.0595. The fraction of sp³-hybridized carbons (Fsp3) is 0.167. The van der Waals surface area contributed by atoms with Crippen LogP contribution < -0.4 is 5.48 Å². The number of methoxy groups -OCH3 is 1. The minimum Gasteiger partial charge on any atom is -0.465 e. The predicted molar refractivity (Wildman–Crippen MR) is 113 cm³/mol. The monoisotopic (exact) mass is 404 g/mol. The number of halogens is 1. The highest BCUT2D eigenvalue weighted by Gasteiger charge is 2.38. The summed E-state index contributed by atoms with van der Waals surface area (Å²) in [5.41, 5.74) is 7.43. The van der Waals surface area contributed by atoms with Gasteiger partial charge in [-0.15, -0.1) is 5.48 Å². The largest absolute Gasteiger partial charge is 0.465 e. The number of hydroxylamine groups is 1. The molecule has 5 nitrogen and oxygen atoms in total. The van der Waals surface area contributed by atoms with Crippen molar-refractivity contribution in [1.29, 1.82) is 0 Å². The number of carbonyl (C=O) groups is 1. The molecular formula is C24H21FN2O3. The Hall–Kier alpha value is -3.51. The molecule has 0 spiro atoms. The zero-order valence-electron chi connectivity index (χ0n) is 16.9. The minimum atomic E-state index is -1.12. The lowest BCUT2D eigenvalue weighted by Crippen LogP contribution is -2.37. The average molecular weight is 404 g/mol. The molecule has 30 heavy (non-hydrogen) atoms. The molecule has 1 aliphatic rings. The van der Waals surface area contributed by atoms with E-state index in [9.17, 15) is 9.18 Å². The Morgan fingerprint density at radius 2 is 1.70 bits per heavy atom. The van der Waals surface area contributed by atoms with Gasteiger partial charge in [-0.25, -0.2) is 14.2 Å². The lowest BCUT2D eigenvalue weighted by Gasteiger charge is -2.27. The van der Waals surface area contributed by atoms with Crippen LogP contribution in [-0.4, -0.2) is 19.5 Å². The van der Waals surface area contributed by atoms with E-state index in [0.29, 0.717) is 5.56 Å². The van der Waals surface area contributed by atoms with Crippen molar-refractivity contribution in [1.82, 2.24) is 5.48 Å². The van der Waals surface area contributed by atoms with E-state index in [1.165, 1.54) is 31.2 Å². The van der Waals surface area contributed by atoms with Crippen LogP contribution in [0.3, 0.4) is 0 Å². The molecule has 0 radical (unpaired) electrons. The molecule has 1 aliphatic heterocycles. The summed E-state index contributed by atoms with van der Waals surface area (Å²) in [6.45, 7) is 4.10. The van der Waals surface area contributed by atoms with E-state index in [0.717, 1.165) is 22.3 Å². The van der Waals surface area contributed by atoms with Gasteiger partial charge in [-0.1, -0.05) is 48.5 Å². The van der Waals surface area contributed by atoms with Crippen LogP contribution in [0.15, 0.2) is 65.7 Å². The summed E-state index contributed by atoms with van der Waals surface area (Å²) in [5.74, 6) is -1.42. The van der Waals surface area contributed by atoms with Gasteiger partial charge in [-0.2, -0.15) is 0 Å². The fourth-order valence-corrected chi connectivity index (χ4v) is 3.76. The summed E-state index contributed by atoms with van der Waals surface area (Å²) < 4.78 is 19.2. The number of rotatable bonds is 4. The first kappa shape index (κ1) is 19.8. The zero-order valence-corrected chi connectivity index (χ0v) is 16.9. The molecule has 3 aromatic rings. The highest BCUT2D eigenvalue weighted by atomic mass is 19.1. The van der Waals surface area contributed by atoms with E-state index in [2.05, 4.69) is 34.3 Å². The van der Waals surface area contributed by atoms with Crippen LogP contribution in [0, 0.1) is 19.7 Å². The van der Waals surface area contributed by atoms with Crippen LogP contribution in [0.2, 0.25) is 0 Å². The summed E-state index contributed by atoms with van der Waals surface area (Å²) in [7, 11) is 1.21. The molecule has 1 N–H and O–H groups in total. The lowest BCUT2D eigenvalue weighted by atomic mass is 9.88. The number of hydrogen-bond acceptors (Lipinski definition) is 5. The van der Waals surface area contributed by atoms with Gasteiger partial charge in [-0.3, -0.25) is 0 Å². The Labute approximate surface area is 174 Å². The van der Waals surface area contributed by atoms with Crippen LogP contribution >= 0.6 is 0 Å². The van der Waals surface area contributed by atoms with Gasteiger partial charge in [0.05, 0.1) is 12.7 Å². The second-order valence-electron chi connectivity index (χ2n) is 7.20. The Morgan fingerprint density at radius 3 is 2.33 bits per heavy atom. The third kappa shape index (κ3) is 3.25. The maximum atomic E-state index is 14.6. The topological polar surface area (TPSA) is 59.9 Å². The Bertz CT molecular complexity index is 1160. The summed E-state index contributed by atoms with van der Waals surface area (Å²) in [4.78, 5) is 21.4. The first-order valence-corrected chi connectivity index (χ1v) is 9.48. The molecule has 0 bridgehead atoms. The summed E-state index contributed by atoms with van der Waals surface area (Å²) in [6, 6.07) is 18.5. The van der Waals surface area contributed by atoms with Crippen molar-refractivity contribution < 1.29 is 18.8 Å². The number of nitrogens with one attached hydrogen (secondary N) is 1. The van der Waals surface area contributed by atoms with Gasteiger partial charge < -0.3 is 9.57 Å². The second kappa shape index (κ2) is 7.72. The SMILES string of the molecule is COC(=O)c1ccc(C2(c3ccc(-c4ccccc4C)c(C)c3)N=CON2)cc1F. The van der Waals surface area contributed by atoms with Crippen molar-refractivity contribution in [2.24, 2.45) is 4.99 Å². The Balaban J connectivity index is 1.80. The number of hydrogen-bond donors (Lipinski definition) is 1. The maximum absolute atomic E-state index is 14.6. The normalized spacial score (nSPS) is 17.6. The molecule has 0 fully saturated rings. The molecule has 6 heteroatoms. The highest BCUT2D eigenvalue weighted by Crippen LogP contribution is 2.37. The van der Waals surface area contributed by atoms with Crippen LogP contribution in [0.25, 0.3) is 11.1 Å². The average Bonchev–Trinajstić information content (AvgIpc) is 3.25. The van der Waals surface area contributed by atoms with Crippen LogP contribution in [0.4, 0.5) is 4.39 Å². The fourth-order valence-electron chi connectivity index (χ4n) is 3.76. The molecule has 152 valence electrons. The van der Waals surface area contributed by atoms with Crippen molar-refractivity contribution >= 4 is 12.4 Å². The first-order chi connectivity index (χ1) is 14.5. The number of carbonyl (C=O) groups excluding carboxylic acids is 1. The smallest absolute Gasteiger partial charge is 0.340 e. The summed E-state index contributed by atoms with van der Waals surface area (Å²) in [6.07, 6.45) is 1.29. The quantitative estimate of drug-likeness (QED) is 0.643. The molecule has 0 saturated heterocycles. The third-order valence-corrected chi connectivity index (χ3v) is 5.38. The zero-order chi connectivity index (χ0) is 21.3.